The Labute approximate surface area is 123 Å². The van der Waals surface area contributed by atoms with Crippen molar-refractivity contribution in [1.29, 1.82) is 0 Å². The van der Waals surface area contributed by atoms with Crippen LogP contribution in [0.25, 0.3) is 0 Å². The van der Waals surface area contributed by atoms with Gasteiger partial charge in [-0.15, -0.1) is 0 Å². The molecular formula is C15H18N2O2S. The first-order valence-electron chi connectivity index (χ1n) is 6.44. The SMILES string of the molecule is CC(=O)Cc1ccccc1N=C1SC(C)(C)C(=O)N1C. The lowest BCUT2D eigenvalue weighted by Crippen LogP contribution is -2.32. The zero-order valence-electron chi connectivity index (χ0n) is 12.1. The second kappa shape index (κ2) is 5.40. The fraction of sp³-hybridized carbons (Fsp3) is 0.400. The number of hydrogen-bond acceptors (Lipinski definition) is 4. The van der Waals surface area contributed by atoms with E-state index < -0.39 is 4.75 Å². The molecule has 0 unspecified atom stereocenters. The first kappa shape index (κ1) is 14.8. The second-order valence-corrected chi connectivity index (χ2v) is 6.97. The van der Waals surface area contributed by atoms with E-state index in [4.69, 9.17) is 0 Å². The minimum Gasteiger partial charge on any atom is -0.300 e. The Kier molecular flexibility index (Phi) is 3.99. The molecule has 1 amide bonds. The summed E-state index contributed by atoms with van der Waals surface area (Å²) in [6.45, 7) is 5.34. The normalized spacial score (nSPS) is 19.7. The monoisotopic (exact) mass is 290 g/mol. The molecule has 5 heteroatoms. The minimum absolute atomic E-state index is 0.0466. The summed E-state index contributed by atoms with van der Waals surface area (Å²) in [6, 6.07) is 7.54. The van der Waals surface area contributed by atoms with Crippen molar-refractivity contribution in [2.45, 2.75) is 31.9 Å². The molecule has 0 aliphatic carbocycles. The highest BCUT2D eigenvalue weighted by atomic mass is 32.2. The van der Waals surface area contributed by atoms with Crippen molar-refractivity contribution >= 4 is 34.3 Å². The van der Waals surface area contributed by atoms with Gasteiger partial charge in [-0.2, -0.15) is 0 Å². The highest BCUT2D eigenvalue weighted by molar-refractivity contribution is 8.16. The number of carbonyl (C=O) groups is 2. The molecule has 1 aliphatic rings. The van der Waals surface area contributed by atoms with E-state index in [0.717, 1.165) is 11.3 Å². The molecule has 2 rings (SSSR count). The van der Waals surface area contributed by atoms with Crippen molar-refractivity contribution in [3.05, 3.63) is 29.8 Å². The highest BCUT2D eigenvalue weighted by Crippen LogP contribution is 2.37. The molecule has 106 valence electrons. The summed E-state index contributed by atoms with van der Waals surface area (Å²) < 4.78 is -0.483. The number of Topliss-reactive ketones (excluding diaryl/α,β-unsaturated/α-hetero) is 1. The summed E-state index contributed by atoms with van der Waals surface area (Å²) in [4.78, 5) is 29.5. The summed E-state index contributed by atoms with van der Waals surface area (Å²) in [5.74, 6) is 0.145. The predicted octanol–water partition coefficient (Wildman–Crippen LogP) is 2.79. The van der Waals surface area contributed by atoms with Crippen LogP contribution in [0.2, 0.25) is 0 Å². The van der Waals surface area contributed by atoms with E-state index in [-0.39, 0.29) is 11.7 Å². The topological polar surface area (TPSA) is 49.7 Å². The van der Waals surface area contributed by atoms with Gasteiger partial charge in [-0.1, -0.05) is 30.0 Å². The van der Waals surface area contributed by atoms with Crippen molar-refractivity contribution in [3.8, 4) is 0 Å². The van der Waals surface area contributed by atoms with Gasteiger partial charge in [0.25, 0.3) is 0 Å². The fourth-order valence-corrected chi connectivity index (χ4v) is 3.11. The molecule has 1 fully saturated rings. The molecule has 1 aliphatic heterocycles. The zero-order chi connectivity index (χ0) is 14.9. The standard InChI is InChI=1S/C15H18N2O2S/c1-10(18)9-11-7-5-6-8-12(11)16-14-17(4)13(19)15(2,3)20-14/h5-8H,9H2,1-4H3. The lowest BCUT2D eigenvalue weighted by atomic mass is 10.1. The van der Waals surface area contributed by atoms with Gasteiger partial charge in [-0.25, -0.2) is 4.99 Å². The molecule has 1 aromatic carbocycles. The van der Waals surface area contributed by atoms with Crippen LogP contribution in [0.3, 0.4) is 0 Å². The Morgan fingerprint density at radius 1 is 1.35 bits per heavy atom. The van der Waals surface area contributed by atoms with Crippen molar-refractivity contribution in [2.24, 2.45) is 4.99 Å². The van der Waals surface area contributed by atoms with Gasteiger partial charge in [0.1, 0.15) is 5.78 Å². The minimum atomic E-state index is -0.483. The van der Waals surface area contributed by atoms with Gasteiger partial charge >= 0.3 is 0 Å². The van der Waals surface area contributed by atoms with Crippen molar-refractivity contribution in [1.82, 2.24) is 4.90 Å². The molecule has 0 atom stereocenters. The summed E-state index contributed by atoms with van der Waals surface area (Å²) in [5.41, 5.74) is 1.64. The summed E-state index contributed by atoms with van der Waals surface area (Å²) in [6.07, 6.45) is 0.360. The first-order valence-corrected chi connectivity index (χ1v) is 7.26. The Bertz CT molecular complexity index is 593. The predicted molar refractivity (Wildman–Crippen MR) is 82.4 cm³/mol. The lowest BCUT2D eigenvalue weighted by Gasteiger charge is -2.12. The van der Waals surface area contributed by atoms with Crippen LogP contribution in [0.5, 0.6) is 0 Å². The Balaban J connectivity index is 2.37. The summed E-state index contributed by atoms with van der Waals surface area (Å²) in [7, 11) is 1.73. The fourth-order valence-electron chi connectivity index (χ4n) is 2.07. The molecule has 1 aromatic rings. The van der Waals surface area contributed by atoms with Gasteiger partial charge in [0.05, 0.1) is 10.4 Å². The molecule has 0 bridgehead atoms. The van der Waals surface area contributed by atoms with Crippen LogP contribution < -0.4 is 0 Å². The van der Waals surface area contributed by atoms with Crippen LogP contribution in [0.1, 0.15) is 26.3 Å². The maximum absolute atomic E-state index is 12.1. The third-order valence-electron chi connectivity index (χ3n) is 3.10. The van der Waals surface area contributed by atoms with Crippen LogP contribution >= 0.6 is 11.8 Å². The van der Waals surface area contributed by atoms with Crippen LogP contribution in [-0.4, -0.2) is 33.6 Å². The zero-order valence-corrected chi connectivity index (χ0v) is 13.0. The number of para-hydroxylation sites is 1. The number of nitrogens with zero attached hydrogens (tertiary/aromatic N) is 2. The Morgan fingerprint density at radius 2 is 2.00 bits per heavy atom. The number of amides is 1. The van der Waals surface area contributed by atoms with Gasteiger partial charge in [0, 0.05) is 13.5 Å². The van der Waals surface area contributed by atoms with E-state index in [2.05, 4.69) is 4.99 Å². The number of amidine groups is 1. The molecule has 0 aromatic heterocycles. The van der Waals surface area contributed by atoms with Crippen molar-refractivity contribution in [2.75, 3.05) is 7.05 Å². The molecule has 0 saturated carbocycles. The Morgan fingerprint density at radius 3 is 2.55 bits per heavy atom. The third-order valence-corrected chi connectivity index (χ3v) is 4.33. The van der Waals surface area contributed by atoms with Gasteiger partial charge in [0.2, 0.25) is 5.91 Å². The number of ketones is 1. The molecule has 20 heavy (non-hydrogen) atoms. The van der Waals surface area contributed by atoms with Gasteiger partial charge < -0.3 is 0 Å². The number of aliphatic imine (C=N–C) groups is 1. The number of benzene rings is 1. The Hall–Kier alpha value is -1.62. The number of carbonyl (C=O) groups excluding carboxylic acids is 2. The van der Waals surface area contributed by atoms with E-state index in [9.17, 15) is 9.59 Å². The largest absolute Gasteiger partial charge is 0.300 e. The van der Waals surface area contributed by atoms with E-state index in [1.54, 1.807) is 18.9 Å². The molecule has 0 N–H and O–H groups in total. The highest BCUT2D eigenvalue weighted by Gasteiger charge is 2.42. The van der Waals surface area contributed by atoms with Crippen LogP contribution in [-0.2, 0) is 16.0 Å². The van der Waals surface area contributed by atoms with Gasteiger partial charge in [0.15, 0.2) is 5.17 Å². The number of thioether (sulfide) groups is 1. The molecular weight excluding hydrogens is 272 g/mol. The van der Waals surface area contributed by atoms with Crippen molar-refractivity contribution < 1.29 is 9.59 Å². The molecule has 0 radical (unpaired) electrons. The molecule has 1 heterocycles. The van der Waals surface area contributed by atoms with Gasteiger partial charge in [-0.05, 0) is 32.4 Å². The first-order chi connectivity index (χ1) is 9.31. The molecule has 4 nitrogen and oxygen atoms in total. The average molecular weight is 290 g/mol. The van der Waals surface area contributed by atoms with Crippen LogP contribution in [0, 0.1) is 0 Å². The van der Waals surface area contributed by atoms with Crippen LogP contribution in [0.15, 0.2) is 29.3 Å². The van der Waals surface area contributed by atoms with Crippen molar-refractivity contribution in [3.63, 3.8) is 0 Å². The van der Waals surface area contributed by atoms with E-state index >= 15 is 0 Å². The van der Waals surface area contributed by atoms with E-state index in [1.807, 2.05) is 38.1 Å². The van der Waals surface area contributed by atoms with E-state index in [0.29, 0.717) is 11.6 Å². The molecule has 1 saturated heterocycles. The summed E-state index contributed by atoms with van der Waals surface area (Å²) >= 11 is 1.45. The maximum Gasteiger partial charge on any atom is 0.244 e. The third kappa shape index (κ3) is 2.93. The quantitative estimate of drug-likeness (QED) is 0.860. The number of rotatable bonds is 3. The van der Waals surface area contributed by atoms with E-state index in [1.165, 1.54) is 11.8 Å². The molecule has 0 spiro atoms. The van der Waals surface area contributed by atoms with Crippen LogP contribution in [0.4, 0.5) is 5.69 Å². The maximum atomic E-state index is 12.1. The van der Waals surface area contributed by atoms with Gasteiger partial charge in [-0.3, -0.25) is 14.5 Å². The number of hydrogen-bond donors (Lipinski definition) is 0. The lowest BCUT2D eigenvalue weighted by molar-refractivity contribution is -0.127. The summed E-state index contributed by atoms with van der Waals surface area (Å²) in [5, 5.41) is 0.677. The smallest absolute Gasteiger partial charge is 0.244 e. The second-order valence-electron chi connectivity index (χ2n) is 5.38. The average Bonchev–Trinajstić information content (AvgIpc) is 2.55.